The predicted octanol–water partition coefficient (Wildman–Crippen LogP) is 2.97. The number of benzene rings is 1. The molecule has 0 saturated heterocycles. The van der Waals surface area contributed by atoms with Crippen LogP contribution < -0.4 is 4.74 Å². The summed E-state index contributed by atoms with van der Waals surface area (Å²) in [6.07, 6.45) is 2.73. The lowest BCUT2D eigenvalue weighted by molar-refractivity contribution is 0.0734. The van der Waals surface area contributed by atoms with Crippen molar-refractivity contribution in [2.24, 2.45) is 0 Å². The number of hydrogen-bond acceptors (Lipinski definition) is 4. The molecule has 1 heterocycles. The normalized spacial score (nSPS) is 11.8. The van der Waals surface area contributed by atoms with Crippen LogP contribution in [-0.2, 0) is 0 Å². The van der Waals surface area contributed by atoms with E-state index in [1.807, 2.05) is 31.2 Å². The molecule has 0 saturated carbocycles. The van der Waals surface area contributed by atoms with E-state index >= 15 is 0 Å². The van der Waals surface area contributed by atoms with Crippen LogP contribution in [-0.4, -0.2) is 34.9 Å². The third kappa shape index (κ3) is 3.31. The van der Waals surface area contributed by atoms with Crippen molar-refractivity contribution in [2.45, 2.75) is 13.0 Å². The van der Waals surface area contributed by atoms with Gasteiger partial charge in [0.15, 0.2) is 0 Å². The van der Waals surface area contributed by atoms with Crippen molar-refractivity contribution >= 4 is 17.5 Å². The van der Waals surface area contributed by atoms with Gasteiger partial charge in [-0.2, -0.15) is 0 Å². The number of amides is 1. The topological polar surface area (TPSA) is 55.3 Å². The smallest absolute Gasteiger partial charge is 0.274 e. The average Bonchev–Trinajstić information content (AvgIpc) is 2.53. The maximum atomic E-state index is 12.4. The summed E-state index contributed by atoms with van der Waals surface area (Å²) in [5, 5.41) is 0.256. The molecule has 0 aliphatic rings. The molecule has 1 aromatic heterocycles. The van der Waals surface area contributed by atoms with Crippen LogP contribution in [0.15, 0.2) is 36.7 Å². The Morgan fingerprint density at radius 3 is 2.62 bits per heavy atom. The van der Waals surface area contributed by atoms with Crippen LogP contribution in [0.3, 0.4) is 0 Å². The molecular formula is C15H16ClN3O2. The molecule has 2 aromatic rings. The molecule has 0 spiro atoms. The summed E-state index contributed by atoms with van der Waals surface area (Å²) in [5.74, 6) is 0.518. The first-order valence-corrected chi connectivity index (χ1v) is 6.80. The van der Waals surface area contributed by atoms with Crippen LogP contribution in [0.4, 0.5) is 0 Å². The van der Waals surface area contributed by atoms with Crippen molar-refractivity contribution < 1.29 is 9.53 Å². The first-order chi connectivity index (χ1) is 10.0. The SMILES string of the molecule is COc1ccccc1C(C)N(C)C(=O)c1cnc(Cl)cn1. The number of para-hydroxylation sites is 1. The van der Waals surface area contributed by atoms with Crippen LogP contribution >= 0.6 is 11.6 Å². The monoisotopic (exact) mass is 305 g/mol. The first-order valence-electron chi connectivity index (χ1n) is 6.42. The van der Waals surface area contributed by atoms with Gasteiger partial charge < -0.3 is 9.64 Å². The van der Waals surface area contributed by atoms with Gasteiger partial charge >= 0.3 is 0 Å². The fraction of sp³-hybridized carbons (Fsp3) is 0.267. The second-order valence-corrected chi connectivity index (χ2v) is 4.95. The molecule has 6 heteroatoms. The number of carbonyl (C=O) groups excluding carboxylic acids is 1. The molecule has 21 heavy (non-hydrogen) atoms. The zero-order valence-corrected chi connectivity index (χ0v) is 12.8. The van der Waals surface area contributed by atoms with E-state index in [-0.39, 0.29) is 22.8 Å². The van der Waals surface area contributed by atoms with Gasteiger partial charge in [0.1, 0.15) is 16.6 Å². The fourth-order valence-electron chi connectivity index (χ4n) is 2.00. The van der Waals surface area contributed by atoms with E-state index < -0.39 is 0 Å². The van der Waals surface area contributed by atoms with Gasteiger partial charge in [0.25, 0.3) is 5.91 Å². The molecule has 0 aliphatic carbocycles. The van der Waals surface area contributed by atoms with Crippen LogP contribution in [0, 0.1) is 0 Å². The van der Waals surface area contributed by atoms with Gasteiger partial charge in [0, 0.05) is 12.6 Å². The Kier molecular flexibility index (Phi) is 4.75. The van der Waals surface area contributed by atoms with Gasteiger partial charge in [-0.3, -0.25) is 4.79 Å². The number of rotatable bonds is 4. The fourth-order valence-corrected chi connectivity index (χ4v) is 2.10. The Hall–Kier alpha value is -2.14. The quantitative estimate of drug-likeness (QED) is 0.871. The number of hydrogen-bond donors (Lipinski definition) is 0. The number of halogens is 1. The Bertz CT molecular complexity index is 631. The highest BCUT2D eigenvalue weighted by atomic mass is 35.5. The lowest BCUT2D eigenvalue weighted by Crippen LogP contribution is -2.30. The molecule has 5 nitrogen and oxygen atoms in total. The molecular weight excluding hydrogens is 290 g/mol. The summed E-state index contributed by atoms with van der Waals surface area (Å²) in [5.41, 5.74) is 1.18. The van der Waals surface area contributed by atoms with E-state index in [0.29, 0.717) is 0 Å². The number of ether oxygens (including phenoxy) is 1. The van der Waals surface area contributed by atoms with E-state index in [1.54, 1.807) is 19.1 Å². The molecule has 0 N–H and O–H groups in total. The van der Waals surface area contributed by atoms with Gasteiger partial charge in [-0.1, -0.05) is 29.8 Å². The molecule has 2 rings (SSSR count). The van der Waals surface area contributed by atoms with Gasteiger partial charge in [0.2, 0.25) is 0 Å². The number of methoxy groups -OCH3 is 1. The summed E-state index contributed by atoms with van der Waals surface area (Å²) in [6.45, 7) is 1.93. The molecule has 1 aromatic carbocycles. The van der Waals surface area contributed by atoms with Gasteiger partial charge in [0.05, 0.1) is 25.5 Å². The molecule has 0 radical (unpaired) electrons. The Balaban J connectivity index is 2.24. The molecule has 0 aliphatic heterocycles. The number of aromatic nitrogens is 2. The van der Waals surface area contributed by atoms with Crippen molar-refractivity contribution in [3.8, 4) is 5.75 Å². The minimum atomic E-state index is -0.224. The minimum Gasteiger partial charge on any atom is -0.496 e. The van der Waals surface area contributed by atoms with E-state index in [2.05, 4.69) is 9.97 Å². The molecule has 110 valence electrons. The zero-order valence-electron chi connectivity index (χ0n) is 12.1. The standard InChI is InChI=1S/C15H16ClN3O2/c1-10(11-6-4-5-7-13(11)21-3)19(2)15(20)12-8-18-14(16)9-17-12/h4-10H,1-3H3. The van der Waals surface area contributed by atoms with Crippen molar-refractivity contribution in [2.75, 3.05) is 14.2 Å². The van der Waals surface area contributed by atoms with Crippen molar-refractivity contribution in [1.82, 2.24) is 14.9 Å². The highest BCUT2D eigenvalue weighted by Gasteiger charge is 2.22. The Morgan fingerprint density at radius 1 is 1.29 bits per heavy atom. The van der Waals surface area contributed by atoms with Crippen molar-refractivity contribution in [3.05, 3.63) is 53.1 Å². The average molecular weight is 306 g/mol. The third-order valence-corrected chi connectivity index (χ3v) is 3.52. The first kappa shape index (κ1) is 15.3. The van der Waals surface area contributed by atoms with E-state index in [0.717, 1.165) is 11.3 Å². The van der Waals surface area contributed by atoms with E-state index in [1.165, 1.54) is 12.4 Å². The molecule has 1 atom stereocenters. The number of nitrogens with zero attached hydrogens (tertiary/aromatic N) is 3. The molecule has 0 fully saturated rings. The second-order valence-electron chi connectivity index (χ2n) is 4.56. The van der Waals surface area contributed by atoms with Crippen LogP contribution in [0.2, 0.25) is 5.15 Å². The van der Waals surface area contributed by atoms with Crippen LogP contribution in [0.5, 0.6) is 5.75 Å². The molecule has 0 bridgehead atoms. The summed E-state index contributed by atoms with van der Waals surface area (Å²) >= 11 is 5.68. The second kappa shape index (κ2) is 6.54. The van der Waals surface area contributed by atoms with E-state index in [9.17, 15) is 4.79 Å². The van der Waals surface area contributed by atoms with Gasteiger partial charge in [-0.05, 0) is 13.0 Å². The lowest BCUT2D eigenvalue weighted by atomic mass is 10.1. The third-order valence-electron chi connectivity index (χ3n) is 3.33. The zero-order chi connectivity index (χ0) is 15.4. The summed E-state index contributed by atoms with van der Waals surface area (Å²) in [4.78, 5) is 21.9. The summed E-state index contributed by atoms with van der Waals surface area (Å²) < 4.78 is 5.33. The van der Waals surface area contributed by atoms with Crippen molar-refractivity contribution in [3.63, 3.8) is 0 Å². The van der Waals surface area contributed by atoms with Crippen LogP contribution in [0.25, 0.3) is 0 Å². The van der Waals surface area contributed by atoms with Gasteiger partial charge in [-0.15, -0.1) is 0 Å². The Labute approximate surface area is 128 Å². The van der Waals surface area contributed by atoms with Crippen molar-refractivity contribution in [1.29, 1.82) is 0 Å². The predicted molar refractivity (Wildman–Crippen MR) is 80.5 cm³/mol. The maximum absolute atomic E-state index is 12.4. The van der Waals surface area contributed by atoms with E-state index in [4.69, 9.17) is 16.3 Å². The minimum absolute atomic E-state index is 0.161. The summed E-state index contributed by atoms with van der Waals surface area (Å²) in [7, 11) is 3.33. The maximum Gasteiger partial charge on any atom is 0.274 e. The highest BCUT2D eigenvalue weighted by molar-refractivity contribution is 6.29. The Morgan fingerprint density at radius 2 is 2.00 bits per heavy atom. The molecule has 1 unspecified atom stereocenters. The van der Waals surface area contributed by atoms with Crippen LogP contribution in [0.1, 0.15) is 29.0 Å². The van der Waals surface area contributed by atoms with Gasteiger partial charge in [-0.25, -0.2) is 9.97 Å². The lowest BCUT2D eigenvalue weighted by Gasteiger charge is -2.26. The largest absolute Gasteiger partial charge is 0.496 e. The highest BCUT2D eigenvalue weighted by Crippen LogP contribution is 2.28. The number of carbonyl (C=O) groups is 1. The summed E-state index contributed by atoms with van der Waals surface area (Å²) in [6, 6.07) is 7.44. The molecule has 1 amide bonds.